The molecule has 1 aromatic heterocycles. The Kier molecular flexibility index (Phi) is 3.79. The molecular weight excluding hydrogens is 394 g/mol. The summed E-state index contributed by atoms with van der Waals surface area (Å²) in [5, 5.41) is 15.0. The third-order valence-corrected chi connectivity index (χ3v) is 6.56. The van der Waals surface area contributed by atoms with E-state index in [1.165, 1.54) is 12.1 Å². The standard InChI is InChI=1S/C21H16ClN3O4/c1-24-15-7-6-10(25(28)29)8-13(15)17-16(24)9-12(11-4-2-3-5-14(11)22)18-19(17)21(27)23-20(18)26/h2-8,12,18-19H,9H2,1H3,(H,23,26,27). The molecule has 1 aliphatic heterocycles. The van der Waals surface area contributed by atoms with Crippen molar-refractivity contribution < 1.29 is 14.5 Å². The van der Waals surface area contributed by atoms with Crippen LogP contribution in [0.3, 0.4) is 0 Å². The van der Waals surface area contributed by atoms with E-state index in [0.29, 0.717) is 22.4 Å². The second-order valence-electron chi connectivity index (χ2n) is 7.57. The van der Waals surface area contributed by atoms with E-state index in [9.17, 15) is 19.7 Å². The highest BCUT2D eigenvalue weighted by atomic mass is 35.5. The lowest BCUT2D eigenvalue weighted by molar-refractivity contribution is -0.384. The number of nitrogens with zero attached hydrogens (tertiary/aromatic N) is 2. The maximum Gasteiger partial charge on any atom is 0.270 e. The predicted molar refractivity (Wildman–Crippen MR) is 107 cm³/mol. The maximum absolute atomic E-state index is 12.8. The van der Waals surface area contributed by atoms with Gasteiger partial charge >= 0.3 is 0 Å². The van der Waals surface area contributed by atoms with Gasteiger partial charge in [-0.15, -0.1) is 0 Å². The Morgan fingerprint density at radius 2 is 1.93 bits per heavy atom. The van der Waals surface area contributed by atoms with Crippen molar-refractivity contribution in [1.82, 2.24) is 9.88 Å². The van der Waals surface area contributed by atoms with Crippen molar-refractivity contribution in [3.8, 4) is 0 Å². The molecule has 1 N–H and O–H groups in total. The van der Waals surface area contributed by atoms with E-state index in [0.717, 1.165) is 16.8 Å². The molecular formula is C21H16ClN3O4. The zero-order valence-electron chi connectivity index (χ0n) is 15.4. The number of carbonyl (C=O) groups is 2. The lowest BCUT2D eigenvalue weighted by Gasteiger charge is -2.32. The van der Waals surface area contributed by atoms with Gasteiger partial charge in [0.15, 0.2) is 0 Å². The summed E-state index contributed by atoms with van der Waals surface area (Å²) in [4.78, 5) is 36.4. The van der Waals surface area contributed by atoms with Crippen molar-refractivity contribution in [1.29, 1.82) is 0 Å². The van der Waals surface area contributed by atoms with E-state index in [1.54, 1.807) is 12.1 Å². The van der Waals surface area contributed by atoms with Crippen molar-refractivity contribution in [3.05, 3.63) is 74.4 Å². The molecule has 0 bridgehead atoms. The molecule has 3 aromatic rings. The number of fused-ring (bicyclic) bond motifs is 5. The molecule has 2 aliphatic rings. The van der Waals surface area contributed by atoms with Crippen LogP contribution in [0.25, 0.3) is 10.9 Å². The van der Waals surface area contributed by atoms with Crippen molar-refractivity contribution in [2.75, 3.05) is 0 Å². The third kappa shape index (κ3) is 2.43. The number of amides is 2. The van der Waals surface area contributed by atoms with E-state index in [4.69, 9.17) is 11.6 Å². The second kappa shape index (κ2) is 6.15. The summed E-state index contributed by atoms with van der Waals surface area (Å²) < 4.78 is 1.96. The van der Waals surface area contributed by atoms with Crippen LogP contribution in [-0.2, 0) is 23.1 Å². The highest BCUT2D eigenvalue weighted by molar-refractivity contribution is 6.31. The minimum Gasteiger partial charge on any atom is -0.347 e. The number of nitrogens with one attached hydrogen (secondary N) is 1. The first kappa shape index (κ1) is 17.9. The van der Waals surface area contributed by atoms with Crippen LogP contribution in [0.4, 0.5) is 5.69 Å². The monoisotopic (exact) mass is 409 g/mol. The Labute approximate surface area is 170 Å². The molecule has 2 amide bonds. The summed E-state index contributed by atoms with van der Waals surface area (Å²) in [5.74, 6) is -2.24. The van der Waals surface area contributed by atoms with Gasteiger partial charge < -0.3 is 4.57 Å². The Balaban J connectivity index is 1.79. The van der Waals surface area contributed by atoms with E-state index >= 15 is 0 Å². The summed E-state index contributed by atoms with van der Waals surface area (Å²) in [7, 11) is 1.88. The molecule has 2 heterocycles. The number of aryl methyl sites for hydroxylation is 1. The third-order valence-electron chi connectivity index (χ3n) is 6.21. The molecule has 0 radical (unpaired) electrons. The predicted octanol–water partition coefficient (Wildman–Crippen LogP) is 3.44. The molecule has 0 spiro atoms. The molecule has 1 aliphatic carbocycles. The van der Waals surface area contributed by atoms with Crippen LogP contribution in [0.5, 0.6) is 0 Å². The maximum atomic E-state index is 12.8. The largest absolute Gasteiger partial charge is 0.347 e. The second-order valence-corrected chi connectivity index (χ2v) is 7.97. The fraction of sp³-hybridized carbons (Fsp3) is 0.238. The van der Waals surface area contributed by atoms with Gasteiger partial charge in [-0.05, 0) is 29.7 Å². The molecule has 8 heteroatoms. The molecule has 5 rings (SSSR count). The minimum atomic E-state index is -0.696. The Morgan fingerprint density at radius 3 is 2.66 bits per heavy atom. The van der Waals surface area contributed by atoms with E-state index in [1.807, 2.05) is 29.8 Å². The van der Waals surface area contributed by atoms with Crippen LogP contribution in [0.15, 0.2) is 42.5 Å². The molecule has 3 atom stereocenters. The van der Waals surface area contributed by atoms with Gasteiger partial charge in [0.25, 0.3) is 5.69 Å². The molecule has 1 saturated heterocycles. The van der Waals surface area contributed by atoms with Crippen molar-refractivity contribution in [3.63, 3.8) is 0 Å². The molecule has 0 saturated carbocycles. The number of halogens is 1. The minimum absolute atomic E-state index is 0.0413. The average Bonchev–Trinajstić information content (AvgIpc) is 3.15. The Bertz CT molecular complexity index is 1230. The zero-order chi connectivity index (χ0) is 20.4. The first-order chi connectivity index (χ1) is 13.9. The molecule has 3 unspecified atom stereocenters. The quantitative estimate of drug-likeness (QED) is 0.398. The molecule has 1 fully saturated rings. The lowest BCUT2D eigenvalue weighted by Crippen LogP contribution is -2.31. The average molecular weight is 410 g/mol. The van der Waals surface area contributed by atoms with Gasteiger partial charge in [0.1, 0.15) is 0 Å². The summed E-state index contributed by atoms with van der Waals surface area (Å²) in [6.07, 6.45) is 0.514. The molecule has 2 aromatic carbocycles. The number of non-ortho nitro benzene ring substituents is 1. The van der Waals surface area contributed by atoms with Gasteiger partial charge in [-0.2, -0.15) is 0 Å². The smallest absolute Gasteiger partial charge is 0.270 e. The summed E-state index contributed by atoms with van der Waals surface area (Å²) in [5.41, 5.74) is 3.20. The van der Waals surface area contributed by atoms with Gasteiger partial charge in [0.05, 0.1) is 16.8 Å². The van der Waals surface area contributed by atoms with Crippen LogP contribution in [0.1, 0.15) is 28.7 Å². The fourth-order valence-corrected chi connectivity index (χ4v) is 5.23. The summed E-state index contributed by atoms with van der Waals surface area (Å²) in [6.45, 7) is 0. The van der Waals surface area contributed by atoms with E-state index in [2.05, 4.69) is 5.32 Å². The number of hydrogen-bond acceptors (Lipinski definition) is 4. The van der Waals surface area contributed by atoms with Crippen molar-refractivity contribution in [2.45, 2.75) is 18.3 Å². The van der Waals surface area contributed by atoms with Crippen LogP contribution in [0.2, 0.25) is 5.02 Å². The van der Waals surface area contributed by atoms with Crippen LogP contribution < -0.4 is 5.32 Å². The topological polar surface area (TPSA) is 94.2 Å². The van der Waals surface area contributed by atoms with Crippen LogP contribution in [-0.4, -0.2) is 21.3 Å². The van der Waals surface area contributed by atoms with Gasteiger partial charge in [-0.1, -0.05) is 29.8 Å². The van der Waals surface area contributed by atoms with Gasteiger partial charge in [0.2, 0.25) is 11.8 Å². The Hall–Kier alpha value is -3.19. The highest BCUT2D eigenvalue weighted by Crippen LogP contribution is 2.51. The van der Waals surface area contributed by atoms with E-state index < -0.39 is 16.8 Å². The first-order valence-electron chi connectivity index (χ1n) is 9.23. The van der Waals surface area contributed by atoms with Gasteiger partial charge in [-0.3, -0.25) is 25.0 Å². The number of hydrogen-bond donors (Lipinski definition) is 1. The molecule has 7 nitrogen and oxygen atoms in total. The normalized spacial score (nSPS) is 23.0. The van der Waals surface area contributed by atoms with Gasteiger partial charge in [-0.25, -0.2) is 0 Å². The number of rotatable bonds is 2. The Morgan fingerprint density at radius 1 is 1.17 bits per heavy atom. The van der Waals surface area contributed by atoms with Gasteiger partial charge in [0, 0.05) is 46.7 Å². The summed E-state index contributed by atoms with van der Waals surface area (Å²) >= 11 is 6.43. The van der Waals surface area contributed by atoms with Crippen LogP contribution >= 0.6 is 11.6 Å². The van der Waals surface area contributed by atoms with Crippen molar-refractivity contribution in [2.24, 2.45) is 13.0 Å². The van der Waals surface area contributed by atoms with E-state index in [-0.39, 0.29) is 23.4 Å². The number of nitro groups is 1. The SMILES string of the molecule is Cn1c2c(c3cc([N+](=O)[O-])ccc31)C1C(=O)NC(=O)C1C(c1ccccc1Cl)C2. The number of carbonyl (C=O) groups excluding carboxylic acids is 2. The van der Waals surface area contributed by atoms with Crippen LogP contribution in [0, 0.1) is 16.0 Å². The molecule has 146 valence electrons. The number of imide groups is 1. The fourth-order valence-electron chi connectivity index (χ4n) is 4.96. The lowest BCUT2D eigenvalue weighted by atomic mass is 9.69. The molecule has 29 heavy (non-hydrogen) atoms. The summed E-state index contributed by atoms with van der Waals surface area (Å²) in [6, 6.07) is 12.0. The first-order valence-corrected chi connectivity index (χ1v) is 9.61. The highest BCUT2D eigenvalue weighted by Gasteiger charge is 2.52. The zero-order valence-corrected chi connectivity index (χ0v) is 16.1. The number of nitro benzene ring substituents is 1. The number of benzene rings is 2. The number of aromatic nitrogens is 1. The van der Waals surface area contributed by atoms with Crippen molar-refractivity contribution >= 4 is 40.0 Å².